The maximum Gasteiger partial charge on any atom is 0.269 e. The van der Waals surface area contributed by atoms with Crippen molar-refractivity contribution in [2.75, 3.05) is 19.6 Å². The van der Waals surface area contributed by atoms with Gasteiger partial charge in [-0.3, -0.25) is 14.9 Å². The molecule has 1 aliphatic heterocycles. The second kappa shape index (κ2) is 7.55. The molecule has 1 aromatic carbocycles. The van der Waals surface area contributed by atoms with Crippen molar-refractivity contribution in [1.29, 1.82) is 0 Å². The number of hydrogen-bond donors (Lipinski definition) is 1. The molecule has 3 atom stereocenters. The number of likely N-dealkylation sites (tertiary alicyclic amines) is 1. The Kier molecular flexibility index (Phi) is 5.71. The van der Waals surface area contributed by atoms with Gasteiger partial charge in [-0.1, -0.05) is 13.8 Å². The summed E-state index contributed by atoms with van der Waals surface area (Å²) in [6.45, 7) is 9.50. The van der Waals surface area contributed by atoms with Crippen molar-refractivity contribution in [3.63, 3.8) is 0 Å². The van der Waals surface area contributed by atoms with Gasteiger partial charge in [0.1, 0.15) is 0 Å². The number of amides is 1. The molecule has 1 fully saturated rings. The number of rotatable bonds is 5. The summed E-state index contributed by atoms with van der Waals surface area (Å²) in [6, 6.07) is 5.73. The maximum atomic E-state index is 12.2. The zero-order valence-electron chi connectivity index (χ0n) is 14.0. The number of non-ortho nitro benzene ring substituents is 1. The van der Waals surface area contributed by atoms with Crippen LogP contribution >= 0.6 is 0 Å². The summed E-state index contributed by atoms with van der Waals surface area (Å²) in [6.07, 6.45) is 1.26. The molecule has 1 aromatic rings. The summed E-state index contributed by atoms with van der Waals surface area (Å²) in [5.74, 6) is 1.19. The highest BCUT2D eigenvalue weighted by atomic mass is 16.6. The SMILES string of the molecule is CC1CC(C)CN(CC(C)NC(=O)c2ccc([N+](=O)[O-])cc2)C1. The Hall–Kier alpha value is -1.95. The molecule has 0 spiro atoms. The molecule has 1 N–H and O–H groups in total. The van der Waals surface area contributed by atoms with E-state index in [2.05, 4.69) is 24.1 Å². The minimum absolute atomic E-state index is 0.00843. The lowest BCUT2D eigenvalue weighted by Crippen LogP contribution is -2.47. The highest BCUT2D eigenvalue weighted by Gasteiger charge is 2.23. The fourth-order valence-electron chi connectivity index (χ4n) is 3.42. The van der Waals surface area contributed by atoms with E-state index in [1.807, 2.05) is 6.92 Å². The summed E-state index contributed by atoms with van der Waals surface area (Å²) in [7, 11) is 0. The number of piperidine rings is 1. The zero-order valence-corrected chi connectivity index (χ0v) is 14.0. The van der Waals surface area contributed by atoms with E-state index in [-0.39, 0.29) is 17.6 Å². The first-order valence-electron chi connectivity index (χ1n) is 8.12. The average Bonchev–Trinajstić information content (AvgIpc) is 2.45. The quantitative estimate of drug-likeness (QED) is 0.669. The van der Waals surface area contributed by atoms with Crippen molar-refractivity contribution < 1.29 is 9.72 Å². The second-order valence-corrected chi connectivity index (χ2v) is 6.84. The molecule has 23 heavy (non-hydrogen) atoms. The lowest BCUT2D eigenvalue weighted by Gasteiger charge is -2.36. The van der Waals surface area contributed by atoms with Crippen molar-refractivity contribution in [2.45, 2.75) is 33.2 Å². The molecular weight excluding hydrogens is 294 g/mol. The third kappa shape index (κ3) is 5.03. The van der Waals surface area contributed by atoms with Crippen LogP contribution in [0.5, 0.6) is 0 Å². The Balaban J connectivity index is 1.87. The van der Waals surface area contributed by atoms with Gasteiger partial charge in [0.25, 0.3) is 11.6 Å². The molecular formula is C17H25N3O3. The van der Waals surface area contributed by atoms with E-state index in [1.54, 1.807) is 0 Å². The standard InChI is InChI=1S/C17H25N3O3/c1-12-8-13(2)10-19(9-12)11-14(3)18-17(21)15-4-6-16(7-5-15)20(22)23/h4-7,12-14H,8-11H2,1-3H3,(H,18,21). The van der Waals surface area contributed by atoms with E-state index in [0.29, 0.717) is 17.4 Å². The maximum absolute atomic E-state index is 12.2. The van der Waals surface area contributed by atoms with Crippen LogP contribution in [0, 0.1) is 22.0 Å². The smallest absolute Gasteiger partial charge is 0.269 e. The van der Waals surface area contributed by atoms with E-state index in [9.17, 15) is 14.9 Å². The molecule has 0 aliphatic carbocycles. The number of benzene rings is 1. The monoisotopic (exact) mass is 319 g/mol. The highest BCUT2D eigenvalue weighted by molar-refractivity contribution is 5.94. The third-order valence-electron chi connectivity index (χ3n) is 4.19. The van der Waals surface area contributed by atoms with Gasteiger partial charge in [-0.2, -0.15) is 0 Å². The number of carbonyl (C=O) groups excluding carboxylic acids is 1. The molecule has 126 valence electrons. The molecule has 3 unspecified atom stereocenters. The van der Waals surface area contributed by atoms with Crippen LogP contribution < -0.4 is 5.32 Å². The molecule has 1 amide bonds. The molecule has 1 saturated heterocycles. The van der Waals surface area contributed by atoms with Gasteiger partial charge >= 0.3 is 0 Å². The van der Waals surface area contributed by atoms with Gasteiger partial charge in [0.05, 0.1) is 4.92 Å². The minimum atomic E-state index is -0.469. The van der Waals surface area contributed by atoms with Crippen LogP contribution in [0.1, 0.15) is 37.6 Å². The minimum Gasteiger partial charge on any atom is -0.348 e. The van der Waals surface area contributed by atoms with E-state index in [0.717, 1.165) is 19.6 Å². The number of nitro benzene ring substituents is 1. The molecule has 6 heteroatoms. The Morgan fingerprint density at radius 1 is 1.30 bits per heavy atom. The summed E-state index contributed by atoms with van der Waals surface area (Å²) in [4.78, 5) is 24.8. The predicted molar refractivity (Wildman–Crippen MR) is 89.4 cm³/mol. The topological polar surface area (TPSA) is 75.5 Å². The van der Waals surface area contributed by atoms with Crippen molar-refractivity contribution in [2.24, 2.45) is 11.8 Å². The number of hydrogen-bond acceptors (Lipinski definition) is 4. The second-order valence-electron chi connectivity index (χ2n) is 6.84. The first-order chi connectivity index (χ1) is 10.8. The van der Waals surface area contributed by atoms with Crippen LogP contribution in [-0.2, 0) is 0 Å². The highest BCUT2D eigenvalue weighted by Crippen LogP contribution is 2.21. The van der Waals surface area contributed by atoms with E-state index >= 15 is 0 Å². The van der Waals surface area contributed by atoms with Gasteiger partial charge in [-0.05, 0) is 37.3 Å². The van der Waals surface area contributed by atoms with E-state index in [1.165, 1.54) is 30.7 Å². The van der Waals surface area contributed by atoms with Gasteiger partial charge in [0.2, 0.25) is 0 Å². The Labute approximate surface area is 137 Å². The third-order valence-corrected chi connectivity index (χ3v) is 4.19. The summed E-state index contributed by atoms with van der Waals surface area (Å²) < 4.78 is 0. The van der Waals surface area contributed by atoms with Crippen LogP contribution in [-0.4, -0.2) is 41.4 Å². The van der Waals surface area contributed by atoms with Crippen molar-refractivity contribution in [3.8, 4) is 0 Å². The number of carbonyl (C=O) groups is 1. The summed E-state index contributed by atoms with van der Waals surface area (Å²) in [5, 5.41) is 13.6. The van der Waals surface area contributed by atoms with Gasteiger partial charge in [-0.15, -0.1) is 0 Å². The van der Waals surface area contributed by atoms with Crippen molar-refractivity contribution in [3.05, 3.63) is 39.9 Å². The molecule has 1 heterocycles. The molecule has 0 saturated carbocycles. The van der Waals surface area contributed by atoms with Gasteiger partial charge in [0, 0.05) is 43.4 Å². The molecule has 0 aromatic heterocycles. The lowest BCUT2D eigenvalue weighted by molar-refractivity contribution is -0.384. The molecule has 1 aliphatic rings. The van der Waals surface area contributed by atoms with Crippen LogP contribution in [0.3, 0.4) is 0 Å². The fourth-order valence-corrected chi connectivity index (χ4v) is 3.42. The molecule has 6 nitrogen and oxygen atoms in total. The van der Waals surface area contributed by atoms with Crippen LogP contribution in [0.4, 0.5) is 5.69 Å². The molecule has 0 radical (unpaired) electrons. The van der Waals surface area contributed by atoms with Crippen molar-refractivity contribution in [1.82, 2.24) is 10.2 Å². The lowest BCUT2D eigenvalue weighted by atomic mass is 9.92. The Bertz CT molecular complexity index is 549. The van der Waals surface area contributed by atoms with Crippen LogP contribution in [0.25, 0.3) is 0 Å². The van der Waals surface area contributed by atoms with E-state index < -0.39 is 4.92 Å². The zero-order chi connectivity index (χ0) is 17.0. The molecule has 0 bridgehead atoms. The van der Waals surface area contributed by atoms with Gasteiger partial charge < -0.3 is 10.2 Å². The molecule has 2 rings (SSSR count). The largest absolute Gasteiger partial charge is 0.348 e. The Morgan fingerprint density at radius 3 is 2.39 bits per heavy atom. The van der Waals surface area contributed by atoms with Gasteiger partial charge in [-0.25, -0.2) is 0 Å². The van der Waals surface area contributed by atoms with Crippen molar-refractivity contribution >= 4 is 11.6 Å². The first kappa shape index (κ1) is 17.4. The normalized spacial score (nSPS) is 23.3. The first-order valence-corrected chi connectivity index (χ1v) is 8.12. The number of nitrogens with zero attached hydrogens (tertiary/aromatic N) is 2. The van der Waals surface area contributed by atoms with E-state index in [4.69, 9.17) is 0 Å². The summed E-state index contributed by atoms with van der Waals surface area (Å²) >= 11 is 0. The number of nitro groups is 1. The average molecular weight is 319 g/mol. The fraction of sp³-hybridized carbons (Fsp3) is 0.588. The predicted octanol–water partition coefficient (Wildman–Crippen LogP) is 2.69. The number of nitrogens with one attached hydrogen (secondary N) is 1. The summed E-state index contributed by atoms with van der Waals surface area (Å²) in [5.41, 5.74) is 0.439. The Morgan fingerprint density at radius 2 is 1.87 bits per heavy atom. The van der Waals surface area contributed by atoms with Crippen LogP contribution in [0.2, 0.25) is 0 Å². The van der Waals surface area contributed by atoms with Gasteiger partial charge in [0.15, 0.2) is 0 Å². The van der Waals surface area contributed by atoms with Crippen LogP contribution in [0.15, 0.2) is 24.3 Å².